The molecule has 0 atom stereocenters. The Balaban J connectivity index is 1.23. The Bertz CT molecular complexity index is 2280. The molecule has 6 nitrogen and oxygen atoms in total. The fourth-order valence-corrected chi connectivity index (χ4v) is 11.6. The van der Waals surface area contributed by atoms with E-state index < -0.39 is 11.6 Å². The summed E-state index contributed by atoms with van der Waals surface area (Å²) in [6.07, 6.45) is 59.9. The highest BCUT2D eigenvalue weighted by atomic mass is 16.5. The maximum absolute atomic E-state index is 13.5. The SMILES string of the molecule is CCCCCCCCCCCCOc1ccc(/C=C/c2ccc3c(c2)-c2cc(/C=C/c4ccc(OCCCCCCCCCCCC)c(OCCCCCCCCCCCC)c4)ccc2C(=O)C3=O)cc1OCCCCCCCCCCCC. The van der Waals surface area contributed by atoms with Gasteiger partial charge in [-0.3, -0.25) is 9.59 Å². The summed E-state index contributed by atoms with van der Waals surface area (Å²) in [6.45, 7) is 11.8. The van der Waals surface area contributed by atoms with Crippen molar-refractivity contribution >= 4 is 35.9 Å². The van der Waals surface area contributed by atoms with Crippen LogP contribution in [0.3, 0.4) is 0 Å². The van der Waals surface area contributed by atoms with Gasteiger partial charge in [0, 0.05) is 11.1 Å². The van der Waals surface area contributed by atoms with Crippen LogP contribution in [0.25, 0.3) is 35.4 Å². The molecule has 0 N–H and O–H groups in total. The van der Waals surface area contributed by atoms with Crippen LogP contribution in [-0.4, -0.2) is 38.0 Å². The van der Waals surface area contributed by atoms with Crippen LogP contribution in [0.4, 0.5) is 0 Å². The molecule has 0 saturated carbocycles. The minimum atomic E-state index is -0.463. The van der Waals surface area contributed by atoms with Gasteiger partial charge in [0.25, 0.3) is 0 Å². The van der Waals surface area contributed by atoms with Gasteiger partial charge in [-0.1, -0.05) is 307 Å². The zero-order chi connectivity index (χ0) is 59.3. The van der Waals surface area contributed by atoms with Crippen LogP contribution >= 0.6 is 0 Å². The number of carbonyl (C=O) groups excluding carboxylic acids is 2. The average molecular weight is 1150 g/mol. The topological polar surface area (TPSA) is 71.1 Å². The van der Waals surface area contributed by atoms with E-state index in [1.165, 1.54) is 231 Å². The van der Waals surface area contributed by atoms with Gasteiger partial charge in [-0.25, -0.2) is 0 Å². The van der Waals surface area contributed by atoms with Crippen molar-refractivity contribution in [3.63, 3.8) is 0 Å². The Hall–Kier alpha value is -5.10. The Morgan fingerprint density at radius 2 is 0.452 bits per heavy atom. The molecule has 0 amide bonds. The predicted octanol–water partition coefficient (Wildman–Crippen LogP) is 24.3. The van der Waals surface area contributed by atoms with Crippen LogP contribution in [0.5, 0.6) is 23.0 Å². The molecule has 4 aromatic rings. The molecular formula is C78H116O6. The van der Waals surface area contributed by atoms with Gasteiger partial charge in [-0.05, 0) is 108 Å². The number of hydrogen-bond acceptors (Lipinski definition) is 6. The quantitative estimate of drug-likeness (QED) is 0.0249. The van der Waals surface area contributed by atoms with E-state index in [0.717, 1.165) is 82.1 Å². The highest BCUT2D eigenvalue weighted by Gasteiger charge is 2.30. The lowest BCUT2D eigenvalue weighted by Crippen LogP contribution is -2.21. The third kappa shape index (κ3) is 28.4. The van der Waals surface area contributed by atoms with Crippen LogP contribution in [0.2, 0.25) is 0 Å². The molecule has 464 valence electrons. The molecule has 0 unspecified atom stereocenters. The second-order valence-electron chi connectivity index (χ2n) is 24.5. The number of ether oxygens (including phenoxy) is 4. The van der Waals surface area contributed by atoms with Crippen molar-refractivity contribution in [1.82, 2.24) is 0 Å². The zero-order valence-electron chi connectivity index (χ0n) is 53.8. The van der Waals surface area contributed by atoms with Crippen molar-refractivity contribution in [2.24, 2.45) is 0 Å². The van der Waals surface area contributed by atoms with Crippen LogP contribution in [0.15, 0.2) is 72.8 Å². The highest BCUT2D eigenvalue weighted by Crippen LogP contribution is 2.37. The number of rotatable bonds is 52. The number of fused-ring (bicyclic) bond motifs is 3. The van der Waals surface area contributed by atoms with Crippen LogP contribution in [0, 0.1) is 0 Å². The van der Waals surface area contributed by atoms with E-state index >= 15 is 0 Å². The molecule has 1 aliphatic rings. The second-order valence-corrected chi connectivity index (χ2v) is 24.5. The molecule has 6 heteroatoms. The lowest BCUT2D eigenvalue weighted by molar-refractivity contribution is 0.0815. The van der Waals surface area contributed by atoms with E-state index in [9.17, 15) is 9.59 Å². The van der Waals surface area contributed by atoms with E-state index in [4.69, 9.17) is 18.9 Å². The summed E-state index contributed by atoms with van der Waals surface area (Å²) in [5.74, 6) is 2.28. The summed E-state index contributed by atoms with van der Waals surface area (Å²) in [7, 11) is 0. The Kier molecular flexibility index (Phi) is 37.5. The van der Waals surface area contributed by atoms with Crippen molar-refractivity contribution < 1.29 is 28.5 Å². The van der Waals surface area contributed by atoms with Crippen LogP contribution in [-0.2, 0) is 0 Å². The van der Waals surface area contributed by atoms with Crippen LogP contribution < -0.4 is 18.9 Å². The van der Waals surface area contributed by atoms with Gasteiger partial charge in [0.05, 0.1) is 26.4 Å². The van der Waals surface area contributed by atoms with Crippen molar-refractivity contribution in [2.45, 2.75) is 285 Å². The first-order chi connectivity index (χ1) is 41.4. The summed E-state index contributed by atoms with van der Waals surface area (Å²) in [5, 5.41) is 0. The summed E-state index contributed by atoms with van der Waals surface area (Å²) in [5.41, 5.74) is 6.33. The minimum Gasteiger partial charge on any atom is -0.490 e. The molecule has 5 rings (SSSR count). The smallest absolute Gasteiger partial charge is 0.234 e. The van der Waals surface area contributed by atoms with Crippen molar-refractivity contribution in [1.29, 1.82) is 0 Å². The molecule has 0 bridgehead atoms. The maximum Gasteiger partial charge on any atom is 0.234 e. The summed E-state index contributed by atoms with van der Waals surface area (Å²) in [4.78, 5) is 27.1. The second kappa shape index (κ2) is 45.2. The normalized spacial score (nSPS) is 12.2. The minimum absolute atomic E-state index is 0.440. The maximum atomic E-state index is 13.5. The standard InChI is InChI=1S/C78H116O6/c1-5-9-13-17-21-25-29-33-37-41-57-81-73-55-51-67(63-75(73)83-59-43-39-35-31-27-23-19-15-11-7-3)47-45-65-49-53-69-71(61-65)72-62-66(50-54-70(72)78(80)77(69)79)46-48-68-52-56-74(82-58-42-38-34-30-26-22-18-14-10-6-2)76(64-68)84-60-44-40-36-32-28-24-20-16-12-8-4/h45-56,61-64H,5-44,57-60H2,1-4H3/b47-45+,48-46+. The lowest BCUT2D eigenvalue weighted by Gasteiger charge is -2.19. The molecular weight excluding hydrogens is 1030 g/mol. The number of hydrogen-bond donors (Lipinski definition) is 0. The number of Topliss-reactive ketones (excluding diaryl/α,β-unsaturated/α-hetero) is 2. The van der Waals surface area contributed by atoms with E-state index in [2.05, 4.69) is 88.4 Å². The molecule has 0 radical (unpaired) electrons. The fraction of sp³-hybridized carbons (Fsp3) is 0.615. The molecule has 0 aliphatic heterocycles. The van der Waals surface area contributed by atoms with Gasteiger partial charge < -0.3 is 18.9 Å². The van der Waals surface area contributed by atoms with Crippen molar-refractivity contribution in [3.8, 4) is 34.1 Å². The van der Waals surface area contributed by atoms with Crippen molar-refractivity contribution in [2.75, 3.05) is 26.4 Å². The van der Waals surface area contributed by atoms with Gasteiger partial charge in [0.1, 0.15) is 0 Å². The number of carbonyl (C=O) groups is 2. The highest BCUT2D eigenvalue weighted by molar-refractivity contribution is 6.53. The lowest BCUT2D eigenvalue weighted by atomic mass is 9.82. The van der Waals surface area contributed by atoms with Gasteiger partial charge in [-0.2, -0.15) is 0 Å². The monoisotopic (exact) mass is 1150 g/mol. The van der Waals surface area contributed by atoms with Crippen LogP contribution in [0.1, 0.15) is 327 Å². The third-order valence-corrected chi connectivity index (χ3v) is 17.0. The first-order valence-electron chi connectivity index (χ1n) is 35.0. The Morgan fingerprint density at radius 3 is 0.714 bits per heavy atom. The van der Waals surface area contributed by atoms with Gasteiger partial charge in [0.15, 0.2) is 23.0 Å². The molecule has 4 aromatic carbocycles. The molecule has 84 heavy (non-hydrogen) atoms. The summed E-state index contributed by atoms with van der Waals surface area (Å²) >= 11 is 0. The van der Waals surface area contributed by atoms with Crippen molar-refractivity contribution in [3.05, 3.63) is 106 Å². The molecule has 1 aliphatic carbocycles. The number of benzene rings is 4. The number of unbranched alkanes of at least 4 members (excludes halogenated alkanes) is 36. The zero-order valence-corrected chi connectivity index (χ0v) is 53.8. The van der Waals surface area contributed by atoms with E-state index in [-0.39, 0.29) is 0 Å². The van der Waals surface area contributed by atoms with Gasteiger partial charge in [-0.15, -0.1) is 0 Å². The molecule has 0 spiro atoms. The fourth-order valence-electron chi connectivity index (χ4n) is 11.6. The van der Waals surface area contributed by atoms with Gasteiger partial charge >= 0.3 is 0 Å². The molecule has 0 aromatic heterocycles. The largest absolute Gasteiger partial charge is 0.490 e. The Morgan fingerprint density at radius 1 is 0.238 bits per heavy atom. The van der Waals surface area contributed by atoms with Gasteiger partial charge in [0.2, 0.25) is 11.6 Å². The molecule has 0 saturated heterocycles. The molecule has 0 fully saturated rings. The average Bonchev–Trinajstić information content (AvgIpc) is 1.59. The third-order valence-electron chi connectivity index (χ3n) is 17.0. The number of ketones is 2. The first kappa shape index (κ1) is 69.7. The van der Waals surface area contributed by atoms with E-state index in [1.807, 2.05) is 36.4 Å². The first-order valence-corrected chi connectivity index (χ1v) is 35.0. The predicted molar refractivity (Wildman–Crippen MR) is 361 cm³/mol. The van der Waals surface area contributed by atoms with E-state index in [1.54, 1.807) is 0 Å². The Labute approximate surface area is 513 Å². The summed E-state index contributed by atoms with van der Waals surface area (Å²) in [6, 6.07) is 24.1. The van der Waals surface area contributed by atoms with E-state index in [0.29, 0.717) is 37.6 Å². The summed E-state index contributed by atoms with van der Waals surface area (Å²) < 4.78 is 25.8. The molecule has 0 heterocycles.